The lowest BCUT2D eigenvalue weighted by Gasteiger charge is -2.35. The predicted molar refractivity (Wildman–Crippen MR) is 77.1 cm³/mol. The molecule has 0 radical (unpaired) electrons. The zero-order valence-electron chi connectivity index (χ0n) is 11.3. The van der Waals surface area contributed by atoms with Gasteiger partial charge in [-0.2, -0.15) is 0 Å². The minimum Gasteiger partial charge on any atom is -0.326 e. The van der Waals surface area contributed by atoms with E-state index >= 15 is 0 Å². The van der Waals surface area contributed by atoms with Crippen molar-refractivity contribution in [2.45, 2.75) is 43.5 Å². The van der Waals surface area contributed by atoms with Gasteiger partial charge in [-0.25, -0.2) is 12.7 Å². The first-order valence-electron chi connectivity index (χ1n) is 6.76. The molecule has 0 spiro atoms. The molecule has 2 N–H and O–H groups in total. The third-order valence-corrected chi connectivity index (χ3v) is 5.73. The van der Waals surface area contributed by atoms with Crippen LogP contribution in [0.4, 0.5) is 0 Å². The van der Waals surface area contributed by atoms with E-state index in [0.29, 0.717) is 0 Å². The number of rotatable bonds is 4. The van der Waals surface area contributed by atoms with E-state index in [1.165, 1.54) is 4.31 Å². The molecule has 1 saturated carbocycles. The normalized spacial score (nSPS) is 24.6. The van der Waals surface area contributed by atoms with Gasteiger partial charge >= 0.3 is 0 Å². The highest BCUT2D eigenvalue weighted by Gasteiger charge is 2.32. The topological polar surface area (TPSA) is 63.4 Å². The smallest absolute Gasteiger partial charge is 0.218 e. The average molecular weight is 282 g/mol. The third-order valence-electron chi connectivity index (χ3n) is 3.88. The van der Waals surface area contributed by atoms with Crippen LogP contribution in [0, 0.1) is 0 Å². The van der Waals surface area contributed by atoms with Crippen LogP contribution in [0.5, 0.6) is 0 Å². The maximum absolute atomic E-state index is 12.4. The second-order valence-electron chi connectivity index (χ2n) is 5.27. The standard InChI is InChI=1S/C14H22N2O2S/c1-16(14-10-6-5-9-13(14)15)19(17,18)11-12-7-3-2-4-8-12/h2-4,7-8,13-14H,5-6,9-11,15H2,1H3. The van der Waals surface area contributed by atoms with E-state index in [1.54, 1.807) is 7.05 Å². The van der Waals surface area contributed by atoms with E-state index in [1.807, 2.05) is 30.3 Å². The van der Waals surface area contributed by atoms with Crippen LogP contribution >= 0.6 is 0 Å². The zero-order valence-corrected chi connectivity index (χ0v) is 12.1. The van der Waals surface area contributed by atoms with Crippen LogP contribution in [-0.4, -0.2) is 31.9 Å². The van der Waals surface area contributed by atoms with Gasteiger partial charge in [0.1, 0.15) is 0 Å². The summed E-state index contributed by atoms with van der Waals surface area (Å²) in [5, 5.41) is 0. The van der Waals surface area contributed by atoms with Crippen LogP contribution in [0.3, 0.4) is 0 Å². The molecule has 0 saturated heterocycles. The molecule has 0 aromatic heterocycles. The summed E-state index contributed by atoms with van der Waals surface area (Å²) in [5.74, 6) is 0.0492. The molecule has 19 heavy (non-hydrogen) atoms. The fourth-order valence-electron chi connectivity index (χ4n) is 2.68. The summed E-state index contributed by atoms with van der Waals surface area (Å²) < 4.78 is 26.3. The second kappa shape index (κ2) is 6.03. The van der Waals surface area contributed by atoms with Gasteiger partial charge in [0.15, 0.2) is 0 Å². The molecular weight excluding hydrogens is 260 g/mol. The zero-order chi connectivity index (χ0) is 13.9. The van der Waals surface area contributed by atoms with Gasteiger partial charge in [0, 0.05) is 19.1 Å². The fourth-order valence-corrected chi connectivity index (χ4v) is 4.18. The van der Waals surface area contributed by atoms with Gasteiger partial charge in [0.2, 0.25) is 10.0 Å². The van der Waals surface area contributed by atoms with Crippen molar-refractivity contribution in [3.8, 4) is 0 Å². The molecule has 5 heteroatoms. The number of benzene rings is 1. The van der Waals surface area contributed by atoms with Crippen LogP contribution in [0.15, 0.2) is 30.3 Å². The van der Waals surface area contributed by atoms with Gasteiger partial charge in [-0.3, -0.25) is 0 Å². The first kappa shape index (κ1) is 14.5. The summed E-state index contributed by atoms with van der Waals surface area (Å²) in [5.41, 5.74) is 6.88. The summed E-state index contributed by atoms with van der Waals surface area (Å²) in [4.78, 5) is 0. The van der Waals surface area contributed by atoms with Crippen molar-refractivity contribution in [3.05, 3.63) is 35.9 Å². The molecule has 0 bridgehead atoms. The van der Waals surface area contributed by atoms with Gasteiger partial charge in [0.05, 0.1) is 5.75 Å². The lowest BCUT2D eigenvalue weighted by atomic mass is 9.91. The number of nitrogens with zero attached hydrogens (tertiary/aromatic N) is 1. The van der Waals surface area contributed by atoms with Gasteiger partial charge in [-0.15, -0.1) is 0 Å². The number of sulfonamides is 1. The Morgan fingerprint density at radius 3 is 2.47 bits per heavy atom. The van der Waals surface area contributed by atoms with Crippen LogP contribution < -0.4 is 5.73 Å². The highest BCUT2D eigenvalue weighted by Crippen LogP contribution is 2.24. The van der Waals surface area contributed by atoms with Gasteiger partial charge in [0.25, 0.3) is 0 Å². The Morgan fingerprint density at radius 2 is 1.84 bits per heavy atom. The van der Waals surface area contributed by atoms with E-state index in [-0.39, 0.29) is 17.8 Å². The van der Waals surface area contributed by atoms with Crippen molar-refractivity contribution in [2.24, 2.45) is 5.73 Å². The molecule has 1 aliphatic carbocycles. The van der Waals surface area contributed by atoms with Crippen molar-refractivity contribution in [2.75, 3.05) is 7.05 Å². The number of hydrogen-bond acceptors (Lipinski definition) is 3. The molecule has 0 amide bonds. The Balaban J connectivity index is 2.10. The Labute approximate surface area is 115 Å². The molecule has 2 unspecified atom stereocenters. The highest BCUT2D eigenvalue weighted by atomic mass is 32.2. The van der Waals surface area contributed by atoms with Crippen LogP contribution in [0.2, 0.25) is 0 Å². The molecule has 0 heterocycles. The SMILES string of the molecule is CN(C1CCCCC1N)S(=O)(=O)Cc1ccccc1. The second-order valence-corrected chi connectivity index (χ2v) is 7.30. The van der Waals surface area contributed by atoms with Gasteiger partial charge in [-0.05, 0) is 18.4 Å². The molecule has 106 valence electrons. The van der Waals surface area contributed by atoms with Crippen molar-refractivity contribution >= 4 is 10.0 Å². The van der Waals surface area contributed by atoms with Crippen molar-refractivity contribution in [3.63, 3.8) is 0 Å². The quantitative estimate of drug-likeness (QED) is 0.914. The average Bonchev–Trinajstić information content (AvgIpc) is 2.39. The molecule has 2 atom stereocenters. The van der Waals surface area contributed by atoms with Crippen LogP contribution in [0.1, 0.15) is 31.2 Å². The van der Waals surface area contributed by atoms with E-state index in [0.717, 1.165) is 31.2 Å². The van der Waals surface area contributed by atoms with Crippen molar-refractivity contribution in [1.82, 2.24) is 4.31 Å². The molecule has 1 aromatic rings. The summed E-state index contributed by atoms with van der Waals surface area (Å²) in [6, 6.07) is 9.19. The lowest BCUT2D eigenvalue weighted by molar-refractivity contribution is 0.252. The summed E-state index contributed by atoms with van der Waals surface area (Å²) >= 11 is 0. The minimum atomic E-state index is -3.29. The first-order valence-corrected chi connectivity index (χ1v) is 8.37. The van der Waals surface area contributed by atoms with Gasteiger partial charge < -0.3 is 5.73 Å². The highest BCUT2D eigenvalue weighted by molar-refractivity contribution is 7.88. The van der Waals surface area contributed by atoms with Gasteiger partial charge in [-0.1, -0.05) is 43.2 Å². The molecule has 1 fully saturated rings. The van der Waals surface area contributed by atoms with Crippen molar-refractivity contribution < 1.29 is 8.42 Å². The molecule has 1 aliphatic rings. The van der Waals surface area contributed by atoms with E-state index in [2.05, 4.69) is 0 Å². The summed E-state index contributed by atoms with van der Waals surface area (Å²) in [7, 11) is -1.63. The Hall–Kier alpha value is -0.910. The predicted octanol–water partition coefficient (Wildman–Crippen LogP) is 1.72. The number of hydrogen-bond donors (Lipinski definition) is 1. The van der Waals surface area contributed by atoms with Crippen molar-refractivity contribution in [1.29, 1.82) is 0 Å². The third kappa shape index (κ3) is 3.55. The molecule has 2 rings (SSSR count). The van der Waals surface area contributed by atoms with Crippen LogP contribution in [-0.2, 0) is 15.8 Å². The Kier molecular flexibility index (Phi) is 4.60. The fraction of sp³-hybridized carbons (Fsp3) is 0.571. The number of likely N-dealkylation sites (N-methyl/N-ethyl adjacent to an activating group) is 1. The largest absolute Gasteiger partial charge is 0.326 e. The molecule has 0 aliphatic heterocycles. The van der Waals surface area contributed by atoms with Crippen LogP contribution in [0.25, 0.3) is 0 Å². The lowest BCUT2D eigenvalue weighted by Crippen LogP contribution is -2.50. The van der Waals surface area contributed by atoms with E-state index in [9.17, 15) is 8.42 Å². The summed E-state index contributed by atoms with van der Waals surface area (Å²) in [6.45, 7) is 0. The molecule has 1 aromatic carbocycles. The monoisotopic (exact) mass is 282 g/mol. The first-order chi connectivity index (χ1) is 9.00. The minimum absolute atomic E-state index is 0.0377. The van der Waals surface area contributed by atoms with E-state index in [4.69, 9.17) is 5.73 Å². The number of nitrogens with two attached hydrogens (primary N) is 1. The molecular formula is C14H22N2O2S. The Bertz CT molecular complexity index is 501. The summed E-state index contributed by atoms with van der Waals surface area (Å²) in [6.07, 6.45) is 3.94. The maximum atomic E-state index is 12.4. The maximum Gasteiger partial charge on any atom is 0.218 e. The molecule has 4 nitrogen and oxygen atoms in total. The van der Waals surface area contributed by atoms with E-state index < -0.39 is 10.0 Å². The Morgan fingerprint density at radius 1 is 1.21 bits per heavy atom.